The highest BCUT2D eigenvalue weighted by molar-refractivity contribution is 6.05. The molecule has 1 aromatic rings. The van der Waals surface area contributed by atoms with Crippen molar-refractivity contribution in [3.8, 4) is 0 Å². The van der Waals surface area contributed by atoms with E-state index >= 15 is 0 Å². The van der Waals surface area contributed by atoms with E-state index in [1.165, 1.54) is 4.90 Å². The Balaban J connectivity index is 2.65. The van der Waals surface area contributed by atoms with Crippen molar-refractivity contribution >= 4 is 17.4 Å². The van der Waals surface area contributed by atoms with E-state index in [0.29, 0.717) is 0 Å². The second kappa shape index (κ2) is 5.26. The summed E-state index contributed by atoms with van der Waals surface area (Å²) in [5.74, 6) is -0.487. The fraction of sp³-hybridized carbons (Fsp3) is 0.273. The van der Waals surface area contributed by atoms with Gasteiger partial charge in [-0.25, -0.2) is 0 Å². The molecule has 15 heavy (non-hydrogen) atoms. The molecular weight excluding hydrogens is 192 g/mol. The Kier molecular flexibility index (Phi) is 4.00. The number of carbonyl (C=O) groups is 2. The van der Waals surface area contributed by atoms with Gasteiger partial charge in [-0.2, -0.15) is 0 Å². The van der Waals surface area contributed by atoms with Crippen LogP contribution in [0, 0.1) is 0 Å². The summed E-state index contributed by atoms with van der Waals surface area (Å²) in [4.78, 5) is 24.0. The van der Waals surface area contributed by atoms with Gasteiger partial charge in [-0.3, -0.25) is 9.59 Å². The van der Waals surface area contributed by atoms with Crippen molar-refractivity contribution in [1.82, 2.24) is 0 Å². The molecule has 1 rings (SSSR count). The Bertz CT molecular complexity index is 349. The molecule has 0 aliphatic carbocycles. The summed E-state index contributed by atoms with van der Waals surface area (Å²) in [7, 11) is 1.64. The molecule has 0 spiro atoms. The Morgan fingerprint density at radius 1 is 1.27 bits per heavy atom. The first-order chi connectivity index (χ1) is 7.15. The summed E-state index contributed by atoms with van der Waals surface area (Å²) in [6, 6.07) is 9.16. The SMILES string of the molecule is CN(C(=O)CC(=O)CN)c1ccccc1. The van der Waals surface area contributed by atoms with Crippen molar-refractivity contribution < 1.29 is 9.59 Å². The summed E-state index contributed by atoms with van der Waals surface area (Å²) in [6.07, 6.45) is -0.137. The number of para-hydroxylation sites is 1. The van der Waals surface area contributed by atoms with Crippen LogP contribution in [0.2, 0.25) is 0 Å². The van der Waals surface area contributed by atoms with E-state index in [1.54, 1.807) is 7.05 Å². The number of ketones is 1. The predicted molar refractivity (Wildman–Crippen MR) is 58.5 cm³/mol. The number of hydrogen-bond donors (Lipinski definition) is 1. The number of carbonyl (C=O) groups excluding carboxylic acids is 2. The van der Waals surface area contributed by atoms with Gasteiger partial charge in [0.1, 0.15) is 0 Å². The van der Waals surface area contributed by atoms with Crippen molar-refractivity contribution in [2.75, 3.05) is 18.5 Å². The quantitative estimate of drug-likeness (QED) is 0.732. The second-order valence-electron chi connectivity index (χ2n) is 3.21. The topological polar surface area (TPSA) is 63.4 Å². The van der Waals surface area contributed by atoms with Gasteiger partial charge in [0.25, 0.3) is 0 Å². The molecule has 0 unspecified atom stereocenters. The summed E-state index contributed by atoms with van der Waals surface area (Å²) < 4.78 is 0. The van der Waals surface area contributed by atoms with Crippen LogP contribution >= 0.6 is 0 Å². The predicted octanol–water partition coefficient (Wildman–Crippen LogP) is 0.567. The maximum absolute atomic E-state index is 11.6. The number of anilines is 1. The Hall–Kier alpha value is -1.68. The van der Waals surface area contributed by atoms with Crippen LogP contribution in [-0.4, -0.2) is 25.3 Å². The molecule has 0 radical (unpaired) electrons. The zero-order valence-corrected chi connectivity index (χ0v) is 8.64. The molecule has 4 nitrogen and oxygen atoms in total. The van der Waals surface area contributed by atoms with Gasteiger partial charge in [0.15, 0.2) is 5.78 Å². The van der Waals surface area contributed by atoms with Crippen LogP contribution < -0.4 is 10.6 Å². The third-order valence-corrected chi connectivity index (χ3v) is 2.09. The summed E-state index contributed by atoms with van der Waals surface area (Å²) in [5.41, 5.74) is 5.91. The summed E-state index contributed by atoms with van der Waals surface area (Å²) in [6.45, 7) is -0.0889. The maximum atomic E-state index is 11.6. The molecule has 0 fully saturated rings. The molecule has 0 aliphatic heterocycles. The monoisotopic (exact) mass is 206 g/mol. The van der Waals surface area contributed by atoms with E-state index in [2.05, 4.69) is 0 Å². The van der Waals surface area contributed by atoms with Crippen LogP contribution in [-0.2, 0) is 9.59 Å². The van der Waals surface area contributed by atoms with Gasteiger partial charge in [0.2, 0.25) is 5.91 Å². The molecule has 0 heterocycles. The minimum Gasteiger partial charge on any atom is -0.324 e. The molecule has 2 N–H and O–H groups in total. The molecular formula is C11H14N2O2. The number of benzene rings is 1. The third kappa shape index (κ3) is 3.18. The zero-order valence-electron chi connectivity index (χ0n) is 8.64. The van der Waals surface area contributed by atoms with Crippen LogP contribution in [0.25, 0.3) is 0 Å². The lowest BCUT2D eigenvalue weighted by atomic mass is 10.2. The van der Waals surface area contributed by atoms with Gasteiger partial charge in [0, 0.05) is 12.7 Å². The summed E-state index contributed by atoms with van der Waals surface area (Å²) in [5, 5.41) is 0. The van der Waals surface area contributed by atoms with Gasteiger partial charge in [-0.05, 0) is 12.1 Å². The Labute approximate surface area is 88.7 Å². The fourth-order valence-electron chi connectivity index (χ4n) is 1.16. The van der Waals surface area contributed by atoms with E-state index in [1.807, 2.05) is 30.3 Å². The van der Waals surface area contributed by atoms with Crippen LogP contribution in [0.15, 0.2) is 30.3 Å². The molecule has 0 saturated heterocycles. The highest BCUT2D eigenvalue weighted by Crippen LogP contribution is 2.11. The van der Waals surface area contributed by atoms with Crippen molar-refractivity contribution in [1.29, 1.82) is 0 Å². The molecule has 1 amide bonds. The first-order valence-electron chi connectivity index (χ1n) is 4.68. The minimum atomic E-state index is -0.247. The molecule has 0 atom stereocenters. The normalized spacial score (nSPS) is 9.73. The summed E-state index contributed by atoms with van der Waals surface area (Å²) >= 11 is 0. The van der Waals surface area contributed by atoms with Crippen molar-refractivity contribution in [3.63, 3.8) is 0 Å². The number of Topliss-reactive ketones (excluding diaryl/α,β-unsaturated/α-hetero) is 1. The third-order valence-electron chi connectivity index (χ3n) is 2.09. The molecule has 0 bridgehead atoms. The van der Waals surface area contributed by atoms with E-state index < -0.39 is 0 Å². The average Bonchev–Trinajstić information content (AvgIpc) is 2.29. The number of nitrogens with two attached hydrogens (primary N) is 1. The van der Waals surface area contributed by atoms with E-state index in [9.17, 15) is 9.59 Å². The fourth-order valence-corrected chi connectivity index (χ4v) is 1.16. The Morgan fingerprint density at radius 3 is 2.40 bits per heavy atom. The number of nitrogens with zero attached hydrogens (tertiary/aromatic N) is 1. The minimum absolute atomic E-state index is 0.0889. The highest BCUT2D eigenvalue weighted by atomic mass is 16.2. The molecule has 1 aromatic carbocycles. The molecule has 0 aromatic heterocycles. The van der Waals surface area contributed by atoms with Gasteiger partial charge in [0.05, 0.1) is 13.0 Å². The number of rotatable bonds is 4. The number of hydrogen-bond acceptors (Lipinski definition) is 3. The zero-order chi connectivity index (χ0) is 11.3. The van der Waals surface area contributed by atoms with E-state index in [-0.39, 0.29) is 24.7 Å². The first kappa shape index (κ1) is 11.4. The molecule has 4 heteroatoms. The van der Waals surface area contributed by atoms with Gasteiger partial charge < -0.3 is 10.6 Å². The lowest BCUT2D eigenvalue weighted by Crippen LogP contribution is -2.30. The van der Waals surface area contributed by atoms with Crippen molar-refractivity contribution in [2.45, 2.75) is 6.42 Å². The lowest BCUT2D eigenvalue weighted by molar-refractivity contribution is -0.125. The largest absolute Gasteiger partial charge is 0.324 e. The van der Waals surface area contributed by atoms with Crippen LogP contribution in [0.1, 0.15) is 6.42 Å². The standard InChI is InChI=1S/C11H14N2O2/c1-13(9-5-3-2-4-6-9)11(15)7-10(14)8-12/h2-6H,7-8,12H2,1H3. The van der Waals surface area contributed by atoms with Crippen LogP contribution in [0.4, 0.5) is 5.69 Å². The van der Waals surface area contributed by atoms with Crippen LogP contribution in [0.5, 0.6) is 0 Å². The van der Waals surface area contributed by atoms with Crippen molar-refractivity contribution in [3.05, 3.63) is 30.3 Å². The first-order valence-corrected chi connectivity index (χ1v) is 4.68. The molecule has 0 saturated carbocycles. The average molecular weight is 206 g/mol. The van der Waals surface area contributed by atoms with Crippen LogP contribution in [0.3, 0.4) is 0 Å². The van der Waals surface area contributed by atoms with Gasteiger partial charge in [-0.1, -0.05) is 18.2 Å². The highest BCUT2D eigenvalue weighted by Gasteiger charge is 2.13. The molecule has 80 valence electrons. The maximum Gasteiger partial charge on any atom is 0.234 e. The van der Waals surface area contributed by atoms with Gasteiger partial charge in [-0.15, -0.1) is 0 Å². The molecule has 0 aliphatic rings. The smallest absolute Gasteiger partial charge is 0.234 e. The van der Waals surface area contributed by atoms with E-state index in [0.717, 1.165) is 5.69 Å². The lowest BCUT2D eigenvalue weighted by Gasteiger charge is -2.16. The number of amides is 1. The van der Waals surface area contributed by atoms with E-state index in [4.69, 9.17) is 5.73 Å². The Morgan fingerprint density at radius 2 is 1.87 bits per heavy atom. The second-order valence-corrected chi connectivity index (χ2v) is 3.21. The van der Waals surface area contributed by atoms with Crippen molar-refractivity contribution in [2.24, 2.45) is 5.73 Å². The van der Waals surface area contributed by atoms with Gasteiger partial charge >= 0.3 is 0 Å².